The van der Waals surface area contributed by atoms with Crippen LogP contribution in [-0.2, 0) is 23.9 Å². The standard InChI is InChI=1S/C31H30Cl2F3N3O2/c1-2-3-14-39(30(41)22-7-6-8-24(17-22)31(34,35)36)20-29(40)38(19-21-11-12-26(32)27(33)16-21)15-13-23-18-37-28-10-5-4-9-25(23)28/h4-12,16-18,37H,2-3,13-15,19-20H2,1H3. The number of nitrogens with zero attached hydrogens (tertiary/aromatic N) is 2. The monoisotopic (exact) mass is 603 g/mol. The predicted molar refractivity (Wildman–Crippen MR) is 156 cm³/mol. The number of halogens is 5. The maximum Gasteiger partial charge on any atom is 0.416 e. The van der Waals surface area contributed by atoms with Gasteiger partial charge >= 0.3 is 6.18 Å². The summed E-state index contributed by atoms with van der Waals surface area (Å²) in [7, 11) is 0. The Bertz CT molecular complexity index is 1520. The molecule has 0 spiro atoms. The summed E-state index contributed by atoms with van der Waals surface area (Å²) in [5.41, 5.74) is 1.76. The second-order valence-electron chi connectivity index (χ2n) is 9.83. The molecule has 1 N–H and O–H groups in total. The van der Waals surface area contributed by atoms with E-state index in [2.05, 4.69) is 4.98 Å². The number of nitrogens with one attached hydrogen (secondary N) is 1. The number of aromatic amines is 1. The number of H-pyrrole nitrogens is 1. The highest BCUT2D eigenvalue weighted by molar-refractivity contribution is 6.42. The quantitative estimate of drug-likeness (QED) is 0.189. The molecule has 0 fully saturated rings. The average molecular weight is 605 g/mol. The van der Waals surface area contributed by atoms with Crippen molar-refractivity contribution < 1.29 is 22.8 Å². The highest BCUT2D eigenvalue weighted by Gasteiger charge is 2.31. The van der Waals surface area contributed by atoms with Crippen LogP contribution >= 0.6 is 23.2 Å². The van der Waals surface area contributed by atoms with Crippen LogP contribution in [0.2, 0.25) is 10.0 Å². The molecule has 41 heavy (non-hydrogen) atoms. The molecular weight excluding hydrogens is 574 g/mol. The van der Waals surface area contributed by atoms with Crippen LogP contribution in [0.5, 0.6) is 0 Å². The van der Waals surface area contributed by atoms with E-state index in [1.165, 1.54) is 17.0 Å². The summed E-state index contributed by atoms with van der Waals surface area (Å²) < 4.78 is 39.9. The van der Waals surface area contributed by atoms with Crippen LogP contribution in [0, 0.1) is 0 Å². The van der Waals surface area contributed by atoms with Crippen LogP contribution in [0.4, 0.5) is 13.2 Å². The van der Waals surface area contributed by atoms with E-state index >= 15 is 0 Å². The minimum atomic E-state index is -4.58. The van der Waals surface area contributed by atoms with Gasteiger partial charge in [0.15, 0.2) is 0 Å². The average Bonchev–Trinajstić information content (AvgIpc) is 3.37. The van der Waals surface area contributed by atoms with Crippen molar-refractivity contribution in [3.05, 3.63) is 105 Å². The number of para-hydroxylation sites is 1. The zero-order valence-corrected chi connectivity index (χ0v) is 24.0. The molecule has 0 unspecified atom stereocenters. The molecule has 0 aliphatic carbocycles. The van der Waals surface area contributed by atoms with E-state index in [1.807, 2.05) is 37.4 Å². The van der Waals surface area contributed by atoms with Gasteiger partial charge in [-0.25, -0.2) is 0 Å². The lowest BCUT2D eigenvalue weighted by atomic mass is 10.1. The smallest absolute Gasteiger partial charge is 0.361 e. The van der Waals surface area contributed by atoms with Gasteiger partial charge in [0.1, 0.15) is 6.54 Å². The number of rotatable bonds is 11. The first kappa shape index (κ1) is 30.5. The third kappa shape index (κ3) is 7.83. The molecule has 4 aromatic rings. The fraction of sp³-hybridized carbons (Fsp3) is 0.290. The molecule has 0 bridgehead atoms. The first-order valence-electron chi connectivity index (χ1n) is 13.3. The first-order chi connectivity index (χ1) is 19.6. The van der Waals surface area contributed by atoms with Crippen molar-refractivity contribution in [2.45, 2.75) is 38.9 Å². The van der Waals surface area contributed by atoms with Crippen molar-refractivity contribution in [1.29, 1.82) is 0 Å². The summed E-state index contributed by atoms with van der Waals surface area (Å²) in [4.78, 5) is 33.3. The van der Waals surface area contributed by atoms with Gasteiger partial charge in [-0.15, -0.1) is 0 Å². The molecule has 4 rings (SSSR count). The highest BCUT2D eigenvalue weighted by Crippen LogP contribution is 2.30. The molecule has 10 heteroatoms. The van der Waals surface area contributed by atoms with Crippen molar-refractivity contribution in [3.63, 3.8) is 0 Å². The molecule has 0 atom stereocenters. The fourth-order valence-electron chi connectivity index (χ4n) is 4.62. The van der Waals surface area contributed by atoms with E-state index in [0.29, 0.717) is 29.4 Å². The van der Waals surface area contributed by atoms with Crippen LogP contribution in [-0.4, -0.2) is 46.2 Å². The number of unbranched alkanes of at least 4 members (excludes halogenated alkanes) is 1. The van der Waals surface area contributed by atoms with E-state index in [4.69, 9.17) is 23.2 Å². The topological polar surface area (TPSA) is 56.4 Å². The number of aromatic nitrogens is 1. The van der Waals surface area contributed by atoms with Gasteiger partial charge in [0.25, 0.3) is 5.91 Å². The maximum absolute atomic E-state index is 13.7. The lowest BCUT2D eigenvalue weighted by Crippen LogP contribution is -2.43. The van der Waals surface area contributed by atoms with Crippen molar-refractivity contribution >= 4 is 45.9 Å². The van der Waals surface area contributed by atoms with Gasteiger partial charge in [0.05, 0.1) is 15.6 Å². The van der Waals surface area contributed by atoms with Gasteiger partial charge in [-0.05, 0) is 60.4 Å². The van der Waals surface area contributed by atoms with Crippen molar-refractivity contribution in [2.24, 2.45) is 0 Å². The van der Waals surface area contributed by atoms with Crippen LogP contribution < -0.4 is 0 Å². The molecule has 1 heterocycles. The number of benzene rings is 3. The van der Waals surface area contributed by atoms with E-state index in [1.54, 1.807) is 23.1 Å². The molecule has 0 radical (unpaired) electrons. The Morgan fingerprint density at radius 2 is 1.68 bits per heavy atom. The van der Waals surface area contributed by atoms with Crippen molar-refractivity contribution in [1.82, 2.24) is 14.8 Å². The van der Waals surface area contributed by atoms with Crippen molar-refractivity contribution in [2.75, 3.05) is 19.6 Å². The van der Waals surface area contributed by atoms with Gasteiger partial charge < -0.3 is 14.8 Å². The Labute approximate surface area is 246 Å². The summed E-state index contributed by atoms with van der Waals surface area (Å²) in [6.45, 7) is 2.47. The number of fused-ring (bicyclic) bond motifs is 1. The molecule has 0 saturated carbocycles. The Hall–Kier alpha value is -3.49. The number of hydrogen-bond acceptors (Lipinski definition) is 2. The molecule has 216 valence electrons. The maximum atomic E-state index is 13.7. The molecule has 0 aliphatic rings. The summed E-state index contributed by atoms with van der Waals surface area (Å²) in [6, 6.07) is 17.3. The minimum absolute atomic E-state index is 0.112. The Morgan fingerprint density at radius 1 is 0.902 bits per heavy atom. The predicted octanol–water partition coefficient (Wildman–Crippen LogP) is 8.01. The largest absolute Gasteiger partial charge is 0.416 e. The summed E-state index contributed by atoms with van der Waals surface area (Å²) in [6.07, 6.45) is -0.779. The Balaban J connectivity index is 1.58. The van der Waals surface area contributed by atoms with Gasteiger partial charge in [0, 0.05) is 42.3 Å². The lowest BCUT2D eigenvalue weighted by Gasteiger charge is -2.28. The van der Waals surface area contributed by atoms with Crippen molar-refractivity contribution in [3.8, 4) is 0 Å². The van der Waals surface area contributed by atoms with Gasteiger partial charge in [-0.1, -0.05) is 66.9 Å². The number of hydrogen-bond donors (Lipinski definition) is 1. The van der Waals surface area contributed by atoms with E-state index < -0.39 is 17.6 Å². The first-order valence-corrected chi connectivity index (χ1v) is 14.1. The molecule has 1 aromatic heterocycles. The zero-order valence-electron chi connectivity index (χ0n) is 22.5. The number of alkyl halides is 3. The second kappa shape index (κ2) is 13.4. The number of amides is 2. The van der Waals surface area contributed by atoms with E-state index in [-0.39, 0.29) is 31.1 Å². The van der Waals surface area contributed by atoms with Crippen LogP contribution in [0.25, 0.3) is 10.9 Å². The molecule has 0 aliphatic heterocycles. The SMILES string of the molecule is CCCCN(CC(=O)N(CCc1c[nH]c2ccccc12)Cc1ccc(Cl)c(Cl)c1)C(=O)c1cccc(C(F)(F)F)c1. The molecule has 3 aromatic carbocycles. The lowest BCUT2D eigenvalue weighted by molar-refractivity contribution is -0.137. The summed E-state index contributed by atoms with van der Waals surface area (Å²) in [5, 5.41) is 1.81. The fourth-order valence-corrected chi connectivity index (χ4v) is 4.94. The normalized spacial score (nSPS) is 11.6. The third-order valence-corrected chi connectivity index (χ3v) is 7.61. The number of carbonyl (C=O) groups is 2. The van der Waals surface area contributed by atoms with Gasteiger partial charge in [-0.2, -0.15) is 13.2 Å². The van der Waals surface area contributed by atoms with E-state index in [0.717, 1.165) is 40.6 Å². The van der Waals surface area contributed by atoms with Crippen LogP contribution in [0.1, 0.15) is 46.8 Å². The van der Waals surface area contributed by atoms with E-state index in [9.17, 15) is 22.8 Å². The molecule has 0 saturated heterocycles. The van der Waals surface area contributed by atoms with Gasteiger partial charge in [-0.3, -0.25) is 9.59 Å². The summed E-state index contributed by atoms with van der Waals surface area (Å²) >= 11 is 12.3. The Kier molecular flexibility index (Phi) is 9.99. The molecule has 2 amide bonds. The van der Waals surface area contributed by atoms with Crippen LogP contribution in [0.15, 0.2) is 72.9 Å². The van der Waals surface area contributed by atoms with Crippen LogP contribution in [0.3, 0.4) is 0 Å². The number of carbonyl (C=O) groups excluding carboxylic acids is 2. The van der Waals surface area contributed by atoms with Gasteiger partial charge in [0.2, 0.25) is 5.91 Å². The molecular formula is C31H30Cl2F3N3O2. The highest BCUT2D eigenvalue weighted by atomic mass is 35.5. The summed E-state index contributed by atoms with van der Waals surface area (Å²) in [5.74, 6) is -0.948. The second-order valence-corrected chi connectivity index (χ2v) is 10.6. The minimum Gasteiger partial charge on any atom is -0.361 e. The Morgan fingerprint density at radius 3 is 2.41 bits per heavy atom. The molecule has 5 nitrogen and oxygen atoms in total. The third-order valence-electron chi connectivity index (χ3n) is 6.87. The zero-order chi connectivity index (χ0) is 29.6.